The molecule has 0 aliphatic heterocycles. The lowest BCUT2D eigenvalue weighted by molar-refractivity contribution is 0.482. The number of fused-ring (bicyclic) bond motifs is 1. The summed E-state index contributed by atoms with van der Waals surface area (Å²) in [6.07, 6.45) is 4.64. The van der Waals surface area contributed by atoms with Gasteiger partial charge in [-0.15, -0.1) is 15.8 Å². The van der Waals surface area contributed by atoms with Crippen molar-refractivity contribution in [1.82, 2.24) is 0 Å². The maximum Gasteiger partial charge on any atom is 0.292 e. The fourth-order valence-corrected chi connectivity index (χ4v) is 1.70. The molecule has 6 heteroatoms. The van der Waals surface area contributed by atoms with Crippen molar-refractivity contribution >= 4 is 10.8 Å². The van der Waals surface area contributed by atoms with Crippen LogP contribution in [0.3, 0.4) is 0 Å². The lowest BCUT2D eigenvalue weighted by Gasteiger charge is -2.08. The van der Waals surface area contributed by atoms with Crippen molar-refractivity contribution in [2.24, 2.45) is 0 Å². The first-order valence-corrected chi connectivity index (χ1v) is 5.04. The van der Waals surface area contributed by atoms with Gasteiger partial charge in [0.05, 0.1) is 5.39 Å². The van der Waals surface area contributed by atoms with Crippen LogP contribution in [0, 0.1) is 34.6 Å². The molecule has 0 N–H and O–H groups in total. The Labute approximate surface area is 108 Å². The maximum absolute atomic E-state index is 8.64. The predicted octanol–water partition coefficient (Wildman–Crippen LogP) is 2.42. The average molecular weight is 251 g/mol. The van der Waals surface area contributed by atoms with Crippen LogP contribution in [0.5, 0.6) is 17.2 Å². The minimum Gasteiger partial charge on any atom is -0.388 e. The number of nitriles is 3. The van der Waals surface area contributed by atoms with Crippen molar-refractivity contribution < 1.29 is 14.2 Å². The zero-order valence-corrected chi connectivity index (χ0v) is 9.45. The lowest BCUT2D eigenvalue weighted by Crippen LogP contribution is -1.91. The van der Waals surface area contributed by atoms with Gasteiger partial charge >= 0.3 is 0 Å². The van der Waals surface area contributed by atoms with Gasteiger partial charge in [-0.2, -0.15) is 0 Å². The molecule has 0 radical (unpaired) electrons. The second-order valence-electron chi connectivity index (χ2n) is 3.36. The van der Waals surface area contributed by atoms with Crippen molar-refractivity contribution in [2.75, 3.05) is 0 Å². The number of rotatable bonds is 3. The largest absolute Gasteiger partial charge is 0.388 e. The van der Waals surface area contributed by atoms with Crippen LogP contribution in [-0.4, -0.2) is 0 Å². The Bertz CT molecular complexity index is 751. The molecule has 19 heavy (non-hydrogen) atoms. The Morgan fingerprint density at radius 3 is 2.16 bits per heavy atom. The van der Waals surface area contributed by atoms with Gasteiger partial charge < -0.3 is 14.2 Å². The molecule has 0 aromatic heterocycles. The summed E-state index contributed by atoms with van der Waals surface area (Å²) in [4.78, 5) is 0. The zero-order valence-electron chi connectivity index (χ0n) is 9.45. The molecule has 2 aromatic carbocycles. The molecule has 0 amide bonds. The first kappa shape index (κ1) is 12.0. The summed E-state index contributed by atoms with van der Waals surface area (Å²) in [6.45, 7) is 0. The molecule has 2 aromatic rings. The summed E-state index contributed by atoms with van der Waals surface area (Å²) >= 11 is 0. The van der Waals surface area contributed by atoms with Crippen molar-refractivity contribution in [3.63, 3.8) is 0 Å². The van der Waals surface area contributed by atoms with E-state index in [0.29, 0.717) is 10.8 Å². The highest BCUT2D eigenvalue weighted by Crippen LogP contribution is 2.37. The number of nitrogens with zero attached hydrogens (tertiary/aromatic N) is 3. The zero-order chi connectivity index (χ0) is 13.7. The van der Waals surface area contributed by atoms with Gasteiger partial charge in [-0.05, 0) is 17.5 Å². The lowest BCUT2D eigenvalue weighted by atomic mass is 10.1. The van der Waals surface area contributed by atoms with Crippen molar-refractivity contribution in [2.45, 2.75) is 0 Å². The third kappa shape index (κ3) is 2.31. The highest BCUT2D eigenvalue weighted by molar-refractivity contribution is 5.95. The van der Waals surface area contributed by atoms with Crippen LogP contribution in [0.4, 0.5) is 0 Å². The van der Waals surface area contributed by atoms with E-state index in [1.807, 2.05) is 0 Å². The molecule has 0 spiro atoms. The van der Waals surface area contributed by atoms with Gasteiger partial charge in [0.15, 0.2) is 11.5 Å². The van der Waals surface area contributed by atoms with Crippen LogP contribution in [0.2, 0.25) is 0 Å². The third-order valence-corrected chi connectivity index (χ3v) is 2.35. The molecule has 0 unspecified atom stereocenters. The van der Waals surface area contributed by atoms with Gasteiger partial charge in [0.25, 0.3) is 18.8 Å². The quantitative estimate of drug-likeness (QED) is 0.776. The van der Waals surface area contributed by atoms with Gasteiger partial charge in [-0.3, -0.25) is 0 Å². The van der Waals surface area contributed by atoms with Gasteiger partial charge in [0.1, 0.15) is 5.75 Å². The Kier molecular flexibility index (Phi) is 3.34. The average Bonchev–Trinajstić information content (AvgIpc) is 2.40. The second kappa shape index (κ2) is 5.27. The standard InChI is InChI=1S/C13H5N3O3/c14-6-17-10-4-9-2-1-3-11(18-7-15)13(9)12(5-10)19-8-16/h1-5H. The second-order valence-corrected chi connectivity index (χ2v) is 3.36. The highest BCUT2D eigenvalue weighted by Gasteiger charge is 2.12. The minimum absolute atomic E-state index is 0.149. The molecule has 0 aliphatic carbocycles. The van der Waals surface area contributed by atoms with E-state index in [4.69, 9.17) is 30.0 Å². The molecule has 0 heterocycles. The first-order valence-electron chi connectivity index (χ1n) is 5.04. The van der Waals surface area contributed by atoms with Gasteiger partial charge in [0.2, 0.25) is 0 Å². The molecule has 0 atom stereocenters. The number of hydrogen-bond acceptors (Lipinski definition) is 6. The van der Waals surface area contributed by atoms with E-state index < -0.39 is 0 Å². The number of ether oxygens (including phenoxy) is 3. The predicted molar refractivity (Wildman–Crippen MR) is 62.7 cm³/mol. The van der Waals surface area contributed by atoms with Gasteiger partial charge in [-0.1, -0.05) is 12.1 Å². The van der Waals surface area contributed by atoms with E-state index in [2.05, 4.69) is 0 Å². The molecule has 0 saturated heterocycles. The van der Waals surface area contributed by atoms with Crippen LogP contribution < -0.4 is 14.2 Å². The van der Waals surface area contributed by atoms with Crippen LogP contribution in [0.1, 0.15) is 0 Å². The topological polar surface area (TPSA) is 99.1 Å². The fraction of sp³-hybridized carbons (Fsp3) is 0. The Morgan fingerprint density at radius 1 is 0.789 bits per heavy atom. The molecule has 2 rings (SSSR count). The van der Waals surface area contributed by atoms with E-state index in [9.17, 15) is 0 Å². The molecule has 90 valence electrons. The van der Waals surface area contributed by atoms with E-state index in [0.717, 1.165) is 0 Å². The van der Waals surface area contributed by atoms with Crippen LogP contribution >= 0.6 is 0 Å². The molecule has 0 aliphatic rings. The summed E-state index contributed by atoms with van der Waals surface area (Å²) in [5.41, 5.74) is 0. The summed E-state index contributed by atoms with van der Waals surface area (Å²) in [5.74, 6) is 0.638. The maximum atomic E-state index is 8.64. The Morgan fingerprint density at radius 2 is 1.47 bits per heavy atom. The minimum atomic E-state index is 0.149. The first-order chi connectivity index (χ1) is 9.30. The Hall–Kier alpha value is -3.43. The number of hydrogen-bond donors (Lipinski definition) is 0. The molecule has 0 fully saturated rings. The summed E-state index contributed by atoms with van der Waals surface area (Å²) in [6, 6.07) is 7.90. The molecule has 6 nitrogen and oxygen atoms in total. The van der Waals surface area contributed by atoms with Crippen molar-refractivity contribution in [3.05, 3.63) is 30.3 Å². The molecular weight excluding hydrogens is 246 g/mol. The third-order valence-electron chi connectivity index (χ3n) is 2.35. The summed E-state index contributed by atoms with van der Waals surface area (Å²) in [5, 5.41) is 26.8. The van der Waals surface area contributed by atoms with Crippen LogP contribution in [-0.2, 0) is 0 Å². The molecule has 0 saturated carbocycles. The van der Waals surface area contributed by atoms with E-state index in [-0.39, 0.29) is 17.2 Å². The van der Waals surface area contributed by atoms with Gasteiger partial charge in [-0.25, -0.2) is 0 Å². The van der Waals surface area contributed by atoms with E-state index in [1.165, 1.54) is 18.6 Å². The van der Waals surface area contributed by atoms with Crippen molar-refractivity contribution in [1.29, 1.82) is 15.8 Å². The van der Waals surface area contributed by atoms with E-state index >= 15 is 0 Å². The van der Waals surface area contributed by atoms with Crippen LogP contribution in [0.25, 0.3) is 10.8 Å². The summed E-state index contributed by atoms with van der Waals surface area (Å²) in [7, 11) is 0. The fourth-order valence-electron chi connectivity index (χ4n) is 1.70. The molecule has 0 bridgehead atoms. The monoisotopic (exact) mass is 251 g/mol. The van der Waals surface area contributed by atoms with Crippen LogP contribution in [0.15, 0.2) is 30.3 Å². The SMILES string of the molecule is N#COc1cc(OC#N)c2c(OC#N)cccc2c1. The summed E-state index contributed by atoms with van der Waals surface area (Å²) < 4.78 is 14.3. The number of benzene rings is 2. The smallest absolute Gasteiger partial charge is 0.292 e. The molecular formula is C13H5N3O3. The Balaban J connectivity index is 2.73. The van der Waals surface area contributed by atoms with Crippen molar-refractivity contribution in [3.8, 4) is 36.0 Å². The highest BCUT2D eigenvalue weighted by atomic mass is 16.5. The normalized spacial score (nSPS) is 8.89. The van der Waals surface area contributed by atoms with E-state index in [1.54, 1.807) is 30.5 Å². The van der Waals surface area contributed by atoms with Gasteiger partial charge in [0, 0.05) is 6.07 Å².